The van der Waals surface area contributed by atoms with E-state index in [0.717, 1.165) is 6.07 Å². The molecular weight excluding hydrogens is 377 g/mol. The van der Waals surface area contributed by atoms with Gasteiger partial charge in [0.15, 0.2) is 16.8 Å². The highest BCUT2D eigenvalue weighted by Gasteiger charge is 2.23. The number of aryl methyl sites for hydroxylation is 1. The molecule has 0 bridgehead atoms. The topological polar surface area (TPSA) is 72.7 Å². The van der Waals surface area contributed by atoms with E-state index >= 15 is 0 Å². The van der Waals surface area contributed by atoms with Crippen LogP contribution in [0.15, 0.2) is 26.9 Å². The van der Waals surface area contributed by atoms with Crippen LogP contribution < -0.4 is 11.3 Å². The van der Waals surface area contributed by atoms with Gasteiger partial charge in [0.25, 0.3) is 5.56 Å². The number of hydrogen-bond acceptors (Lipinski definition) is 4. The monoisotopic (exact) mass is 396 g/mol. The number of nitrogens with two attached hydrogens (primary N) is 1. The van der Waals surface area contributed by atoms with E-state index in [1.165, 1.54) is 22.4 Å². The lowest BCUT2D eigenvalue weighted by Crippen LogP contribution is -2.25. The van der Waals surface area contributed by atoms with Crippen LogP contribution in [0, 0.1) is 24.4 Å². The van der Waals surface area contributed by atoms with Gasteiger partial charge in [-0.3, -0.25) is 9.36 Å². The normalized spacial score (nSPS) is 11.9. The van der Waals surface area contributed by atoms with Gasteiger partial charge >= 0.3 is 0 Å². The number of rotatable bonds is 3. The first-order valence-corrected chi connectivity index (χ1v) is 9.15. The average Bonchev–Trinajstić information content (AvgIpc) is 2.63. The lowest BCUT2D eigenvalue weighted by molar-refractivity contribution is 0.502. The van der Waals surface area contributed by atoms with Crippen molar-refractivity contribution in [3.05, 3.63) is 45.5 Å². The second-order valence-electron chi connectivity index (χ2n) is 6.04. The van der Waals surface area contributed by atoms with Crippen molar-refractivity contribution in [2.24, 2.45) is 9.98 Å². The summed E-state index contributed by atoms with van der Waals surface area (Å²) in [4.78, 5) is 21.1. The third-order valence-corrected chi connectivity index (χ3v) is 4.50. The molecule has 0 aliphatic carbocycles. The second kappa shape index (κ2) is 7.99. The number of benzene rings is 1. The number of thioether (sulfide) groups is 1. The Balaban J connectivity index is 2.90. The second-order valence-corrected chi connectivity index (χ2v) is 6.81. The number of hydrogen-bond donors (Lipinski definition) is 1. The zero-order valence-corrected chi connectivity index (χ0v) is 16.1. The summed E-state index contributed by atoms with van der Waals surface area (Å²) in [6.07, 6.45) is 1.75. The van der Waals surface area contributed by atoms with Gasteiger partial charge in [0.2, 0.25) is 0 Å². The molecule has 1 heterocycles. The maximum absolute atomic E-state index is 14.4. The molecule has 0 spiro atoms. The molecule has 0 atom stereocenters. The molecule has 0 saturated heterocycles. The fraction of sp³-hybridized carbons (Fsp3) is 0.278. The largest absolute Gasteiger partial charge is 0.394 e. The fourth-order valence-electron chi connectivity index (χ4n) is 2.61. The minimum absolute atomic E-state index is 0.187. The van der Waals surface area contributed by atoms with E-state index in [1.807, 2.05) is 0 Å². The molecular formula is C18H19F3N4OS. The Morgan fingerprint density at radius 2 is 1.85 bits per heavy atom. The quantitative estimate of drug-likeness (QED) is 0.360. The minimum Gasteiger partial charge on any atom is -0.394 e. The van der Waals surface area contributed by atoms with Crippen molar-refractivity contribution in [3.8, 4) is 11.1 Å². The van der Waals surface area contributed by atoms with Gasteiger partial charge in [0, 0.05) is 11.6 Å². The van der Waals surface area contributed by atoms with Crippen molar-refractivity contribution in [2.75, 3.05) is 12.0 Å². The summed E-state index contributed by atoms with van der Waals surface area (Å²) < 4.78 is 43.4. The van der Waals surface area contributed by atoms with Crippen molar-refractivity contribution >= 4 is 35.2 Å². The summed E-state index contributed by atoms with van der Waals surface area (Å²) in [5.74, 6) is -3.73. The van der Waals surface area contributed by atoms with E-state index < -0.39 is 34.3 Å². The van der Waals surface area contributed by atoms with Crippen molar-refractivity contribution in [1.29, 1.82) is 0 Å². The van der Waals surface area contributed by atoms with E-state index in [2.05, 4.69) is 16.7 Å². The number of pyridine rings is 1. The first-order chi connectivity index (χ1) is 12.6. The zero-order valence-electron chi connectivity index (χ0n) is 15.3. The zero-order chi connectivity index (χ0) is 20.5. The van der Waals surface area contributed by atoms with Gasteiger partial charge in [-0.15, -0.1) is 0 Å². The van der Waals surface area contributed by atoms with E-state index in [4.69, 9.17) is 5.73 Å². The van der Waals surface area contributed by atoms with Crippen molar-refractivity contribution in [2.45, 2.75) is 26.8 Å². The minimum atomic E-state index is -1.53. The van der Waals surface area contributed by atoms with Crippen LogP contribution in [0.4, 0.5) is 24.7 Å². The molecule has 2 rings (SSSR count). The average molecular weight is 396 g/mol. The molecule has 2 N–H and O–H groups in total. The predicted molar refractivity (Wildman–Crippen MR) is 106 cm³/mol. The highest BCUT2D eigenvalue weighted by atomic mass is 32.2. The maximum Gasteiger partial charge on any atom is 0.260 e. The Bertz CT molecular complexity index is 999. The van der Waals surface area contributed by atoms with Crippen molar-refractivity contribution in [3.63, 3.8) is 0 Å². The number of aliphatic imine (C=N–C) groups is 2. The molecule has 5 nitrogen and oxygen atoms in total. The summed E-state index contributed by atoms with van der Waals surface area (Å²) in [6.45, 7) is 8.56. The SMILES string of the molecule is C=N/C(=N\c1c(C)cc(-c2cc(F)c(N)c(F)c2F)c(=O)n1C(C)C)SC. The highest BCUT2D eigenvalue weighted by Crippen LogP contribution is 2.31. The van der Waals surface area contributed by atoms with Gasteiger partial charge in [0.1, 0.15) is 17.3 Å². The molecule has 0 unspecified atom stereocenters. The van der Waals surface area contributed by atoms with Crippen LogP contribution in [0.25, 0.3) is 11.1 Å². The van der Waals surface area contributed by atoms with Crippen LogP contribution in [0.1, 0.15) is 25.5 Å². The van der Waals surface area contributed by atoms with Crippen molar-refractivity contribution < 1.29 is 13.2 Å². The Hall–Kier alpha value is -2.55. The maximum atomic E-state index is 14.4. The number of nitrogens with zero attached hydrogens (tertiary/aromatic N) is 3. The summed E-state index contributed by atoms with van der Waals surface area (Å²) in [5, 5.41) is 0.343. The first kappa shape index (κ1) is 20.8. The number of nitrogen functional groups attached to an aromatic ring is 1. The molecule has 9 heteroatoms. The standard InChI is InChI=1S/C18H19F3N4OS/c1-8(2)25-16(24-18(23-4)27-5)9(3)6-11(17(25)26)10-7-12(19)15(22)14(21)13(10)20/h6-8H,4,22H2,1-3,5H3/b24-18+. The van der Waals surface area contributed by atoms with Crippen LogP contribution in [0.2, 0.25) is 0 Å². The molecule has 0 amide bonds. The molecule has 1 aromatic carbocycles. The molecule has 1 aromatic heterocycles. The number of halogens is 3. The summed E-state index contributed by atoms with van der Waals surface area (Å²) in [7, 11) is 0. The summed E-state index contributed by atoms with van der Waals surface area (Å²) in [6, 6.07) is 1.71. The summed E-state index contributed by atoms with van der Waals surface area (Å²) >= 11 is 1.24. The molecule has 0 saturated carbocycles. The Morgan fingerprint density at radius 1 is 1.22 bits per heavy atom. The third-order valence-electron chi connectivity index (χ3n) is 3.91. The van der Waals surface area contributed by atoms with E-state index in [0.29, 0.717) is 16.5 Å². The molecule has 0 aliphatic rings. The Morgan fingerprint density at radius 3 is 2.37 bits per heavy atom. The first-order valence-electron chi connectivity index (χ1n) is 7.92. The van der Waals surface area contributed by atoms with Gasteiger partial charge in [-0.25, -0.2) is 23.2 Å². The van der Waals surface area contributed by atoms with E-state index in [-0.39, 0.29) is 11.6 Å². The van der Waals surface area contributed by atoms with Crippen LogP contribution in [-0.2, 0) is 0 Å². The van der Waals surface area contributed by atoms with Gasteiger partial charge in [-0.1, -0.05) is 11.8 Å². The van der Waals surface area contributed by atoms with Crippen LogP contribution >= 0.6 is 11.8 Å². The third kappa shape index (κ3) is 3.78. The number of anilines is 1. The number of aromatic nitrogens is 1. The molecule has 144 valence electrons. The Kier molecular flexibility index (Phi) is 6.15. The van der Waals surface area contributed by atoms with Crippen LogP contribution in [0.3, 0.4) is 0 Å². The Labute approximate surface area is 158 Å². The van der Waals surface area contributed by atoms with Crippen LogP contribution in [0.5, 0.6) is 0 Å². The molecule has 27 heavy (non-hydrogen) atoms. The van der Waals surface area contributed by atoms with Crippen molar-refractivity contribution in [1.82, 2.24) is 4.57 Å². The van der Waals surface area contributed by atoms with Gasteiger partial charge < -0.3 is 5.73 Å². The van der Waals surface area contributed by atoms with E-state index in [9.17, 15) is 18.0 Å². The molecule has 0 fully saturated rings. The molecule has 2 aromatic rings. The smallest absolute Gasteiger partial charge is 0.260 e. The predicted octanol–water partition coefficient (Wildman–Crippen LogP) is 4.46. The summed E-state index contributed by atoms with van der Waals surface area (Å²) in [5.41, 5.74) is 3.43. The van der Waals surface area contributed by atoms with E-state index in [1.54, 1.807) is 27.0 Å². The lowest BCUT2D eigenvalue weighted by atomic mass is 10.0. The van der Waals surface area contributed by atoms with Crippen LogP contribution in [-0.4, -0.2) is 22.7 Å². The van der Waals surface area contributed by atoms with Gasteiger partial charge in [-0.05, 0) is 51.4 Å². The molecule has 0 radical (unpaired) electrons. The van der Waals surface area contributed by atoms with Gasteiger partial charge in [-0.2, -0.15) is 0 Å². The highest BCUT2D eigenvalue weighted by molar-refractivity contribution is 8.13. The lowest BCUT2D eigenvalue weighted by Gasteiger charge is -2.18. The molecule has 0 aliphatic heterocycles. The van der Waals surface area contributed by atoms with Gasteiger partial charge in [0.05, 0.1) is 5.56 Å². The number of amidine groups is 1. The fourth-order valence-corrected chi connectivity index (χ4v) is 2.92.